The largest absolute Gasteiger partial charge is 0.398 e. The lowest BCUT2D eigenvalue weighted by molar-refractivity contribution is 0.122. The van der Waals surface area contributed by atoms with Gasteiger partial charge < -0.3 is 15.4 Å². The van der Waals surface area contributed by atoms with Crippen molar-refractivity contribution in [3.05, 3.63) is 36.5 Å². The monoisotopic (exact) mass is 333 g/mol. The number of aromatic nitrogens is 1. The predicted octanol–water partition coefficient (Wildman–Crippen LogP) is 1.57. The first kappa shape index (κ1) is 15.8. The average molecular weight is 333 g/mol. The summed E-state index contributed by atoms with van der Waals surface area (Å²) in [5, 5.41) is 0. The molecule has 0 unspecified atom stereocenters. The Labute approximate surface area is 135 Å². The Morgan fingerprint density at radius 3 is 2.39 bits per heavy atom. The molecule has 0 radical (unpaired) electrons. The minimum Gasteiger partial charge on any atom is -0.398 e. The minimum atomic E-state index is -3.22. The SMILES string of the molecule is CS(=O)(=O)c1ccc(-c2c(N)ccnc2N2CCOCC2)cc1. The van der Waals surface area contributed by atoms with Crippen molar-refractivity contribution >= 4 is 21.3 Å². The molecule has 0 atom stereocenters. The van der Waals surface area contributed by atoms with Crippen LogP contribution in [0, 0.1) is 0 Å². The lowest BCUT2D eigenvalue weighted by atomic mass is 10.0. The van der Waals surface area contributed by atoms with Crippen molar-refractivity contribution in [1.82, 2.24) is 4.98 Å². The van der Waals surface area contributed by atoms with Gasteiger partial charge in [0.2, 0.25) is 0 Å². The van der Waals surface area contributed by atoms with Crippen molar-refractivity contribution in [2.45, 2.75) is 4.90 Å². The number of sulfone groups is 1. The first-order valence-electron chi connectivity index (χ1n) is 7.34. The van der Waals surface area contributed by atoms with Gasteiger partial charge in [-0.2, -0.15) is 0 Å². The van der Waals surface area contributed by atoms with E-state index in [2.05, 4.69) is 9.88 Å². The Hall–Kier alpha value is -2.12. The highest BCUT2D eigenvalue weighted by Crippen LogP contribution is 2.34. The van der Waals surface area contributed by atoms with E-state index in [0.717, 1.165) is 30.0 Å². The summed E-state index contributed by atoms with van der Waals surface area (Å²) in [5.41, 5.74) is 8.47. The molecule has 1 saturated heterocycles. The molecule has 1 aliphatic heterocycles. The van der Waals surface area contributed by atoms with Crippen LogP contribution in [0.4, 0.5) is 11.5 Å². The Balaban J connectivity index is 2.05. The van der Waals surface area contributed by atoms with Crippen LogP contribution in [0.1, 0.15) is 0 Å². The second-order valence-corrected chi connectivity index (χ2v) is 7.51. The molecule has 2 heterocycles. The molecule has 0 saturated carbocycles. The van der Waals surface area contributed by atoms with Gasteiger partial charge in [-0.3, -0.25) is 0 Å². The van der Waals surface area contributed by atoms with Crippen molar-refractivity contribution in [1.29, 1.82) is 0 Å². The van der Waals surface area contributed by atoms with E-state index in [1.165, 1.54) is 6.26 Å². The number of hydrogen-bond donors (Lipinski definition) is 1. The van der Waals surface area contributed by atoms with Crippen molar-refractivity contribution in [2.24, 2.45) is 0 Å². The number of nitrogens with zero attached hydrogens (tertiary/aromatic N) is 2. The van der Waals surface area contributed by atoms with E-state index in [-0.39, 0.29) is 4.90 Å². The average Bonchev–Trinajstić information content (AvgIpc) is 2.55. The highest BCUT2D eigenvalue weighted by Gasteiger charge is 2.19. The Morgan fingerprint density at radius 1 is 1.13 bits per heavy atom. The second-order valence-electron chi connectivity index (χ2n) is 5.49. The van der Waals surface area contributed by atoms with Crippen LogP contribution < -0.4 is 10.6 Å². The van der Waals surface area contributed by atoms with Crippen LogP contribution in [0.3, 0.4) is 0 Å². The molecule has 7 heteroatoms. The van der Waals surface area contributed by atoms with Crippen molar-refractivity contribution in [3.8, 4) is 11.1 Å². The molecule has 6 nitrogen and oxygen atoms in total. The number of anilines is 2. The van der Waals surface area contributed by atoms with Gasteiger partial charge in [-0.15, -0.1) is 0 Å². The third-order valence-corrected chi connectivity index (χ3v) is 4.97. The molecule has 2 N–H and O–H groups in total. The highest BCUT2D eigenvalue weighted by molar-refractivity contribution is 7.90. The predicted molar refractivity (Wildman–Crippen MR) is 90.2 cm³/mol. The molecule has 1 fully saturated rings. The van der Waals surface area contributed by atoms with Crippen molar-refractivity contribution in [3.63, 3.8) is 0 Å². The van der Waals surface area contributed by atoms with E-state index in [4.69, 9.17) is 10.5 Å². The summed E-state index contributed by atoms with van der Waals surface area (Å²) >= 11 is 0. The summed E-state index contributed by atoms with van der Waals surface area (Å²) in [7, 11) is -3.22. The molecule has 0 spiro atoms. The van der Waals surface area contributed by atoms with E-state index >= 15 is 0 Å². The molecule has 1 aliphatic rings. The van der Waals surface area contributed by atoms with Gasteiger partial charge >= 0.3 is 0 Å². The molecule has 1 aromatic heterocycles. The quantitative estimate of drug-likeness (QED) is 0.918. The Kier molecular flexibility index (Phi) is 4.23. The summed E-state index contributed by atoms with van der Waals surface area (Å²) in [6.07, 6.45) is 2.88. The third-order valence-electron chi connectivity index (χ3n) is 3.84. The van der Waals surface area contributed by atoms with E-state index in [9.17, 15) is 8.42 Å². The Bertz CT molecular complexity index is 798. The van der Waals surface area contributed by atoms with Crippen LogP contribution in [-0.4, -0.2) is 46.0 Å². The Morgan fingerprint density at radius 2 is 1.78 bits per heavy atom. The number of nitrogens with two attached hydrogens (primary N) is 1. The molecule has 0 bridgehead atoms. The summed E-state index contributed by atoms with van der Waals surface area (Å²) in [4.78, 5) is 6.91. The van der Waals surface area contributed by atoms with E-state index in [1.54, 1.807) is 36.5 Å². The molecule has 23 heavy (non-hydrogen) atoms. The minimum absolute atomic E-state index is 0.289. The summed E-state index contributed by atoms with van der Waals surface area (Å²) in [6.45, 7) is 2.82. The maximum atomic E-state index is 11.6. The maximum absolute atomic E-state index is 11.6. The van der Waals surface area contributed by atoms with Gasteiger partial charge in [0.15, 0.2) is 9.84 Å². The zero-order valence-electron chi connectivity index (χ0n) is 12.9. The zero-order chi connectivity index (χ0) is 16.4. The molecule has 1 aromatic carbocycles. The number of morpholine rings is 1. The standard InChI is InChI=1S/C16H19N3O3S/c1-23(20,21)13-4-2-12(3-5-13)15-14(17)6-7-18-16(15)19-8-10-22-11-9-19/h2-7H,8-11H2,1H3,(H2,17,18). The molecule has 0 amide bonds. The second kappa shape index (κ2) is 6.17. The fourth-order valence-electron chi connectivity index (χ4n) is 2.64. The van der Waals surface area contributed by atoms with Crippen LogP contribution in [0.5, 0.6) is 0 Å². The number of rotatable bonds is 3. The zero-order valence-corrected chi connectivity index (χ0v) is 13.7. The normalized spacial score (nSPS) is 15.6. The number of pyridine rings is 1. The van der Waals surface area contributed by atoms with Crippen molar-refractivity contribution < 1.29 is 13.2 Å². The molecule has 2 aromatic rings. The van der Waals surface area contributed by atoms with Gasteiger partial charge in [-0.05, 0) is 23.8 Å². The van der Waals surface area contributed by atoms with Gasteiger partial charge in [0.05, 0.1) is 18.1 Å². The summed E-state index contributed by atoms with van der Waals surface area (Å²) in [5.74, 6) is 0.806. The van der Waals surface area contributed by atoms with Gasteiger partial charge in [0, 0.05) is 36.8 Å². The smallest absolute Gasteiger partial charge is 0.175 e. The van der Waals surface area contributed by atoms with Gasteiger partial charge in [0.1, 0.15) is 5.82 Å². The van der Waals surface area contributed by atoms with E-state index < -0.39 is 9.84 Å². The molecule has 122 valence electrons. The van der Waals surface area contributed by atoms with Gasteiger partial charge in [0.25, 0.3) is 0 Å². The summed E-state index contributed by atoms with van der Waals surface area (Å²) < 4.78 is 28.6. The van der Waals surface area contributed by atoms with Gasteiger partial charge in [-0.25, -0.2) is 13.4 Å². The van der Waals surface area contributed by atoms with Crippen molar-refractivity contribution in [2.75, 3.05) is 43.2 Å². The topological polar surface area (TPSA) is 85.5 Å². The van der Waals surface area contributed by atoms with Crippen LogP contribution in [-0.2, 0) is 14.6 Å². The van der Waals surface area contributed by atoms with Crippen LogP contribution in [0.25, 0.3) is 11.1 Å². The molecular formula is C16H19N3O3S. The maximum Gasteiger partial charge on any atom is 0.175 e. The van der Waals surface area contributed by atoms with E-state index in [1.807, 2.05) is 0 Å². The number of nitrogen functional groups attached to an aromatic ring is 1. The number of hydrogen-bond acceptors (Lipinski definition) is 6. The third kappa shape index (κ3) is 3.30. The first-order valence-corrected chi connectivity index (χ1v) is 9.23. The number of ether oxygens (including phenoxy) is 1. The first-order chi connectivity index (χ1) is 11.0. The van der Waals surface area contributed by atoms with Crippen LogP contribution in [0.15, 0.2) is 41.4 Å². The van der Waals surface area contributed by atoms with Crippen LogP contribution in [0.2, 0.25) is 0 Å². The van der Waals surface area contributed by atoms with E-state index in [0.29, 0.717) is 18.9 Å². The van der Waals surface area contributed by atoms with Gasteiger partial charge in [-0.1, -0.05) is 12.1 Å². The lowest BCUT2D eigenvalue weighted by Crippen LogP contribution is -2.37. The fraction of sp³-hybridized carbons (Fsp3) is 0.312. The number of benzene rings is 1. The van der Waals surface area contributed by atoms with Crippen LogP contribution >= 0.6 is 0 Å². The summed E-state index contributed by atoms with van der Waals surface area (Å²) in [6, 6.07) is 8.49. The molecular weight excluding hydrogens is 314 g/mol. The molecule has 0 aliphatic carbocycles. The molecule has 3 rings (SSSR count). The lowest BCUT2D eigenvalue weighted by Gasteiger charge is -2.30. The highest BCUT2D eigenvalue weighted by atomic mass is 32.2. The fourth-order valence-corrected chi connectivity index (χ4v) is 3.28.